The molecule has 19 heavy (non-hydrogen) atoms. The molecule has 0 atom stereocenters. The summed E-state index contributed by atoms with van der Waals surface area (Å²) in [5, 5.41) is 2.99. The summed E-state index contributed by atoms with van der Waals surface area (Å²) < 4.78 is 29.3. The Labute approximate surface area is 113 Å². The number of para-hydroxylation sites is 1. The first-order valence-corrected chi connectivity index (χ1v) is 6.41. The van der Waals surface area contributed by atoms with Gasteiger partial charge in [-0.3, -0.25) is 0 Å². The van der Waals surface area contributed by atoms with Gasteiger partial charge in [-0.25, -0.2) is 4.39 Å². The highest BCUT2D eigenvalue weighted by molar-refractivity contribution is 5.34. The van der Waals surface area contributed by atoms with Gasteiger partial charge in [0.25, 0.3) is 0 Å². The number of nitrogens with one attached hydrogen (secondary N) is 1. The Bertz CT molecular complexity index is 361. The van der Waals surface area contributed by atoms with Gasteiger partial charge in [-0.2, -0.15) is 0 Å². The second kappa shape index (κ2) is 9.72. The molecule has 0 bridgehead atoms. The Hall–Kier alpha value is -1.17. The highest BCUT2D eigenvalue weighted by Crippen LogP contribution is 2.22. The maximum atomic E-state index is 13.6. The largest absolute Gasteiger partial charge is 0.490 e. The van der Waals surface area contributed by atoms with Gasteiger partial charge in [-0.1, -0.05) is 12.1 Å². The second-order valence-corrected chi connectivity index (χ2v) is 4.07. The van der Waals surface area contributed by atoms with Gasteiger partial charge >= 0.3 is 0 Å². The molecule has 0 heterocycles. The molecule has 0 aliphatic carbocycles. The first-order chi connectivity index (χ1) is 9.29. The van der Waals surface area contributed by atoms with Crippen LogP contribution in [0.3, 0.4) is 0 Å². The summed E-state index contributed by atoms with van der Waals surface area (Å²) in [6, 6.07) is 4.94. The van der Waals surface area contributed by atoms with Crippen LogP contribution in [0.15, 0.2) is 18.2 Å². The number of ether oxygens (including phenoxy) is 3. The molecule has 4 nitrogen and oxygen atoms in total. The average molecular weight is 271 g/mol. The van der Waals surface area contributed by atoms with Crippen LogP contribution in [0.1, 0.15) is 12.0 Å². The summed E-state index contributed by atoms with van der Waals surface area (Å²) in [7, 11) is 3.45. The van der Waals surface area contributed by atoms with Crippen LogP contribution in [0.5, 0.6) is 5.75 Å². The molecule has 0 aliphatic heterocycles. The normalized spacial score (nSPS) is 10.7. The van der Waals surface area contributed by atoms with E-state index in [1.807, 2.05) is 13.1 Å². The van der Waals surface area contributed by atoms with Crippen molar-refractivity contribution in [3.05, 3.63) is 29.6 Å². The molecule has 0 saturated carbocycles. The third-order valence-electron chi connectivity index (χ3n) is 2.53. The third kappa shape index (κ3) is 6.00. The number of halogens is 1. The molecule has 5 heteroatoms. The average Bonchev–Trinajstić information content (AvgIpc) is 2.41. The van der Waals surface area contributed by atoms with Gasteiger partial charge in [0, 0.05) is 32.2 Å². The number of benzene rings is 1. The van der Waals surface area contributed by atoms with E-state index in [2.05, 4.69) is 5.32 Å². The molecule has 1 rings (SSSR count). The molecule has 0 spiro atoms. The first-order valence-electron chi connectivity index (χ1n) is 6.41. The van der Waals surface area contributed by atoms with Crippen molar-refractivity contribution in [1.82, 2.24) is 5.32 Å². The zero-order valence-corrected chi connectivity index (χ0v) is 11.6. The van der Waals surface area contributed by atoms with Crippen LogP contribution in [0.4, 0.5) is 4.39 Å². The van der Waals surface area contributed by atoms with E-state index >= 15 is 0 Å². The van der Waals surface area contributed by atoms with E-state index in [1.54, 1.807) is 13.2 Å². The predicted octanol–water partition coefficient (Wildman–Crippen LogP) is 1.98. The highest BCUT2D eigenvalue weighted by Gasteiger charge is 2.08. The van der Waals surface area contributed by atoms with Gasteiger partial charge in [0.1, 0.15) is 0 Å². The van der Waals surface area contributed by atoms with Gasteiger partial charge < -0.3 is 19.5 Å². The Morgan fingerprint density at radius 3 is 2.74 bits per heavy atom. The number of hydrogen-bond acceptors (Lipinski definition) is 4. The van der Waals surface area contributed by atoms with Crippen molar-refractivity contribution in [2.45, 2.75) is 13.0 Å². The number of hydrogen-bond donors (Lipinski definition) is 1. The minimum Gasteiger partial charge on any atom is -0.490 e. The molecule has 0 amide bonds. The number of methoxy groups -OCH3 is 1. The molecule has 1 aromatic carbocycles. The molecule has 0 saturated heterocycles. The topological polar surface area (TPSA) is 39.7 Å². The maximum Gasteiger partial charge on any atom is 0.165 e. The standard InChI is InChI=1S/C14H22FNO3/c1-16-11-12-5-3-6-13(15)14(12)19-8-4-7-18-10-9-17-2/h3,5-6,16H,4,7-11H2,1-2H3. The quantitative estimate of drug-likeness (QED) is 0.661. The van der Waals surface area contributed by atoms with Crippen molar-refractivity contribution in [3.63, 3.8) is 0 Å². The lowest BCUT2D eigenvalue weighted by Crippen LogP contribution is -2.11. The smallest absolute Gasteiger partial charge is 0.165 e. The van der Waals surface area contributed by atoms with Crippen LogP contribution in [0.2, 0.25) is 0 Å². The van der Waals surface area contributed by atoms with Crippen LogP contribution in [0.25, 0.3) is 0 Å². The van der Waals surface area contributed by atoms with E-state index in [-0.39, 0.29) is 5.82 Å². The van der Waals surface area contributed by atoms with E-state index in [1.165, 1.54) is 6.07 Å². The zero-order valence-electron chi connectivity index (χ0n) is 11.6. The van der Waals surface area contributed by atoms with Crippen LogP contribution < -0.4 is 10.1 Å². The van der Waals surface area contributed by atoms with Gasteiger partial charge in [0.15, 0.2) is 11.6 Å². The van der Waals surface area contributed by atoms with E-state index in [9.17, 15) is 4.39 Å². The van der Waals surface area contributed by atoms with Gasteiger partial charge in [-0.15, -0.1) is 0 Å². The fraction of sp³-hybridized carbons (Fsp3) is 0.571. The summed E-state index contributed by atoms with van der Waals surface area (Å²) in [5.74, 6) is 0.00166. The molecule has 0 aromatic heterocycles. The molecule has 108 valence electrons. The van der Waals surface area contributed by atoms with Crippen molar-refractivity contribution in [1.29, 1.82) is 0 Å². The van der Waals surface area contributed by atoms with E-state index in [4.69, 9.17) is 14.2 Å². The molecule has 0 aliphatic rings. The zero-order chi connectivity index (χ0) is 13.9. The predicted molar refractivity (Wildman–Crippen MR) is 72.0 cm³/mol. The monoisotopic (exact) mass is 271 g/mol. The molecule has 0 radical (unpaired) electrons. The Morgan fingerprint density at radius 2 is 2.00 bits per heavy atom. The van der Waals surface area contributed by atoms with E-state index in [0.717, 1.165) is 12.0 Å². The van der Waals surface area contributed by atoms with Crippen LogP contribution >= 0.6 is 0 Å². The summed E-state index contributed by atoms with van der Waals surface area (Å²) in [5.41, 5.74) is 0.822. The first kappa shape index (κ1) is 15.9. The summed E-state index contributed by atoms with van der Waals surface area (Å²) >= 11 is 0. The van der Waals surface area contributed by atoms with Crippen molar-refractivity contribution in [3.8, 4) is 5.75 Å². The van der Waals surface area contributed by atoms with Gasteiger partial charge in [0.05, 0.1) is 19.8 Å². The lowest BCUT2D eigenvalue weighted by atomic mass is 10.2. The minimum atomic E-state index is -0.326. The second-order valence-electron chi connectivity index (χ2n) is 4.07. The maximum absolute atomic E-state index is 13.6. The van der Waals surface area contributed by atoms with Crippen LogP contribution in [-0.2, 0) is 16.0 Å². The summed E-state index contributed by atoms with van der Waals surface area (Å²) in [6.07, 6.45) is 0.719. The van der Waals surface area contributed by atoms with Crippen molar-refractivity contribution in [2.75, 3.05) is 40.6 Å². The van der Waals surface area contributed by atoms with Gasteiger partial charge in [0.2, 0.25) is 0 Å². The molecule has 1 aromatic rings. The molecular formula is C14H22FNO3. The van der Waals surface area contributed by atoms with Crippen molar-refractivity contribution >= 4 is 0 Å². The van der Waals surface area contributed by atoms with Crippen LogP contribution in [0, 0.1) is 5.82 Å². The lowest BCUT2D eigenvalue weighted by Gasteiger charge is -2.12. The SMILES string of the molecule is CNCc1cccc(F)c1OCCCOCCOC. The third-order valence-corrected chi connectivity index (χ3v) is 2.53. The fourth-order valence-corrected chi connectivity index (χ4v) is 1.62. The lowest BCUT2D eigenvalue weighted by molar-refractivity contribution is 0.0641. The van der Waals surface area contributed by atoms with E-state index < -0.39 is 0 Å². The Morgan fingerprint density at radius 1 is 1.16 bits per heavy atom. The Balaban J connectivity index is 2.32. The van der Waals surface area contributed by atoms with E-state index in [0.29, 0.717) is 38.7 Å². The van der Waals surface area contributed by atoms with Crippen molar-refractivity contribution < 1.29 is 18.6 Å². The van der Waals surface area contributed by atoms with Gasteiger partial charge in [-0.05, 0) is 13.1 Å². The highest BCUT2D eigenvalue weighted by atomic mass is 19.1. The van der Waals surface area contributed by atoms with Crippen molar-refractivity contribution in [2.24, 2.45) is 0 Å². The molecule has 1 N–H and O–H groups in total. The molecule has 0 unspecified atom stereocenters. The van der Waals surface area contributed by atoms with Crippen LogP contribution in [-0.4, -0.2) is 40.6 Å². The Kier molecular flexibility index (Phi) is 8.13. The summed E-state index contributed by atoms with van der Waals surface area (Å²) in [6.45, 7) is 2.75. The fourth-order valence-electron chi connectivity index (χ4n) is 1.62. The number of rotatable bonds is 10. The summed E-state index contributed by atoms with van der Waals surface area (Å²) in [4.78, 5) is 0. The molecular weight excluding hydrogens is 249 g/mol. The molecule has 0 fully saturated rings. The minimum absolute atomic E-state index is 0.326.